The van der Waals surface area contributed by atoms with Crippen LogP contribution in [0.25, 0.3) is 22.2 Å². The van der Waals surface area contributed by atoms with Crippen molar-refractivity contribution in [3.05, 3.63) is 42.0 Å². The van der Waals surface area contributed by atoms with E-state index >= 15 is 0 Å². The predicted molar refractivity (Wildman–Crippen MR) is 101 cm³/mol. The third-order valence-corrected chi connectivity index (χ3v) is 4.99. The second-order valence-corrected chi connectivity index (χ2v) is 7.01. The summed E-state index contributed by atoms with van der Waals surface area (Å²) in [6, 6.07) is 6.14. The molecule has 0 aromatic carbocycles. The number of nitrogens with zero attached hydrogens (tertiary/aromatic N) is 5. The highest BCUT2D eigenvalue weighted by atomic mass is 15.3. The Hall–Kier alpha value is -2.27. The van der Waals surface area contributed by atoms with Crippen LogP contribution in [-0.2, 0) is 6.54 Å². The molecule has 0 aliphatic carbocycles. The summed E-state index contributed by atoms with van der Waals surface area (Å²) in [5.41, 5.74) is 6.19. The number of rotatable bonds is 5. The average Bonchev–Trinajstić information content (AvgIpc) is 3.24. The van der Waals surface area contributed by atoms with Crippen LogP contribution < -0.4 is 0 Å². The maximum Gasteiger partial charge on any atom is 0.0896 e. The molecule has 3 aromatic heterocycles. The van der Waals surface area contributed by atoms with Gasteiger partial charge in [0.15, 0.2) is 0 Å². The van der Waals surface area contributed by atoms with Gasteiger partial charge in [-0.2, -0.15) is 5.10 Å². The molecule has 0 saturated carbocycles. The largest absolute Gasteiger partial charge is 0.303 e. The molecule has 1 saturated heterocycles. The molecule has 5 heteroatoms. The average molecular weight is 335 g/mol. The topological polar surface area (TPSA) is 46.8 Å². The zero-order valence-electron chi connectivity index (χ0n) is 15.1. The molecule has 3 aromatic rings. The summed E-state index contributed by atoms with van der Waals surface area (Å²) in [6.45, 7) is 8.75. The Morgan fingerprint density at radius 2 is 1.88 bits per heavy atom. The summed E-state index contributed by atoms with van der Waals surface area (Å²) in [4.78, 5) is 11.7. The fourth-order valence-electron chi connectivity index (χ4n) is 3.63. The van der Waals surface area contributed by atoms with Gasteiger partial charge in [0, 0.05) is 35.8 Å². The molecule has 4 rings (SSSR count). The van der Waals surface area contributed by atoms with Crippen molar-refractivity contribution >= 4 is 11.0 Å². The molecular weight excluding hydrogens is 310 g/mol. The normalized spacial score (nSPS) is 15.3. The van der Waals surface area contributed by atoms with Gasteiger partial charge >= 0.3 is 0 Å². The first kappa shape index (κ1) is 16.2. The van der Waals surface area contributed by atoms with Crippen LogP contribution in [0.3, 0.4) is 0 Å². The molecule has 0 spiro atoms. The maximum absolute atomic E-state index is 4.70. The van der Waals surface area contributed by atoms with Crippen molar-refractivity contribution in [2.75, 3.05) is 19.6 Å². The number of hydrogen-bond donors (Lipinski definition) is 0. The Morgan fingerprint density at radius 3 is 2.72 bits per heavy atom. The Morgan fingerprint density at radius 1 is 1.04 bits per heavy atom. The quantitative estimate of drug-likeness (QED) is 0.715. The van der Waals surface area contributed by atoms with Crippen molar-refractivity contribution in [2.24, 2.45) is 0 Å². The highest BCUT2D eigenvalue weighted by Crippen LogP contribution is 2.24. The van der Waals surface area contributed by atoms with Gasteiger partial charge in [-0.05, 0) is 70.9 Å². The minimum absolute atomic E-state index is 0.935. The summed E-state index contributed by atoms with van der Waals surface area (Å²) in [6.07, 6.45) is 7.94. The van der Waals surface area contributed by atoms with E-state index in [1.165, 1.54) is 32.5 Å². The van der Waals surface area contributed by atoms with Crippen LogP contribution in [0, 0.1) is 13.8 Å². The van der Waals surface area contributed by atoms with Crippen LogP contribution in [0.5, 0.6) is 0 Å². The molecule has 1 fully saturated rings. The molecule has 0 unspecified atom stereocenters. The Bertz CT molecular complexity index is 877. The van der Waals surface area contributed by atoms with Gasteiger partial charge in [-0.1, -0.05) is 0 Å². The van der Waals surface area contributed by atoms with Crippen LogP contribution >= 0.6 is 0 Å². The fraction of sp³-hybridized carbons (Fsp3) is 0.450. The molecule has 0 amide bonds. The van der Waals surface area contributed by atoms with Crippen LogP contribution in [0.2, 0.25) is 0 Å². The van der Waals surface area contributed by atoms with Crippen molar-refractivity contribution in [3.8, 4) is 11.1 Å². The zero-order valence-corrected chi connectivity index (χ0v) is 15.1. The van der Waals surface area contributed by atoms with Crippen LogP contribution in [0.15, 0.2) is 30.6 Å². The standard InChI is InChI=1S/C20H25N5/c1-15-6-7-19-20(22-15)12-17(13-21-19)18-14-25(23-16(18)2)11-5-10-24-8-3-4-9-24/h6-7,12-14H,3-5,8-11H2,1-2H3. The summed E-state index contributed by atoms with van der Waals surface area (Å²) in [5, 5.41) is 4.70. The van der Waals surface area contributed by atoms with E-state index in [1.54, 1.807) is 0 Å². The van der Waals surface area contributed by atoms with E-state index in [-0.39, 0.29) is 0 Å². The molecule has 130 valence electrons. The van der Waals surface area contributed by atoms with Gasteiger partial charge in [0.05, 0.1) is 16.7 Å². The fourth-order valence-corrected chi connectivity index (χ4v) is 3.63. The molecule has 0 radical (unpaired) electrons. The second-order valence-electron chi connectivity index (χ2n) is 7.01. The van der Waals surface area contributed by atoms with Crippen LogP contribution in [0.1, 0.15) is 30.7 Å². The first-order chi connectivity index (χ1) is 12.2. The summed E-state index contributed by atoms with van der Waals surface area (Å²) in [5.74, 6) is 0. The lowest BCUT2D eigenvalue weighted by atomic mass is 10.1. The summed E-state index contributed by atoms with van der Waals surface area (Å²) in [7, 11) is 0. The molecule has 4 heterocycles. The third kappa shape index (κ3) is 3.56. The number of pyridine rings is 2. The van der Waals surface area contributed by atoms with Crippen molar-refractivity contribution in [2.45, 2.75) is 39.7 Å². The van der Waals surface area contributed by atoms with Gasteiger partial charge in [0.2, 0.25) is 0 Å². The van der Waals surface area contributed by atoms with E-state index in [1.807, 2.05) is 25.3 Å². The zero-order chi connectivity index (χ0) is 17.2. The first-order valence-electron chi connectivity index (χ1n) is 9.19. The Kier molecular flexibility index (Phi) is 4.49. The molecular formula is C20H25N5. The van der Waals surface area contributed by atoms with E-state index in [2.05, 4.69) is 38.7 Å². The molecule has 25 heavy (non-hydrogen) atoms. The molecule has 0 N–H and O–H groups in total. The van der Waals surface area contributed by atoms with Crippen molar-refractivity contribution in [1.82, 2.24) is 24.6 Å². The van der Waals surface area contributed by atoms with E-state index in [0.717, 1.165) is 46.5 Å². The molecule has 1 aliphatic heterocycles. The molecule has 0 bridgehead atoms. The third-order valence-electron chi connectivity index (χ3n) is 4.99. The summed E-state index contributed by atoms with van der Waals surface area (Å²) < 4.78 is 2.08. The molecule has 1 aliphatic rings. The van der Waals surface area contributed by atoms with E-state index in [0.29, 0.717) is 0 Å². The van der Waals surface area contributed by atoms with E-state index in [9.17, 15) is 0 Å². The maximum atomic E-state index is 4.70. The SMILES string of the molecule is Cc1ccc2ncc(-c3cn(CCCN4CCCC4)nc3C)cc2n1. The van der Waals surface area contributed by atoms with Gasteiger partial charge in [-0.15, -0.1) is 0 Å². The minimum atomic E-state index is 0.935. The Labute approximate surface area is 148 Å². The Balaban J connectivity index is 1.51. The summed E-state index contributed by atoms with van der Waals surface area (Å²) >= 11 is 0. The van der Waals surface area contributed by atoms with Crippen LogP contribution in [0.4, 0.5) is 0 Å². The monoisotopic (exact) mass is 335 g/mol. The van der Waals surface area contributed by atoms with Crippen molar-refractivity contribution in [3.63, 3.8) is 0 Å². The smallest absolute Gasteiger partial charge is 0.0896 e. The molecule has 0 atom stereocenters. The lowest BCUT2D eigenvalue weighted by Crippen LogP contribution is -2.21. The second kappa shape index (κ2) is 6.92. The predicted octanol–water partition coefficient (Wildman–Crippen LogP) is 3.60. The number of aromatic nitrogens is 4. The van der Waals surface area contributed by atoms with Crippen molar-refractivity contribution in [1.29, 1.82) is 0 Å². The minimum Gasteiger partial charge on any atom is -0.303 e. The lowest BCUT2D eigenvalue weighted by molar-refractivity contribution is 0.322. The highest BCUT2D eigenvalue weighted by Gasteiger charge is 2.12. The number of likely N-dealkylation sites (tertiary alicyclic amines) is 1. The highest BCUT2D eigenvalue weighted by molar-refractivity contribution is 5.80. The molecule has 5 nitrogen and oxygen atoms in total. The first-order valence-corrected chi connectivity index (χ1v) is 9.19. The van der Waals surface area contributed by atoms with E-state index in [4.69, 9.17) is 5.10 Å². The van der Waals surface area contributed by atoms with Gasteiger partial charge in [0.1, 0.15) is 0 Å². The van der Waals surface area contributed by atoms with Gasteiger partial charge in [0.25, 0.3) is 0 Å². The van der Waals surface area contributed by atoms with Crippen LogP contribution in [-0.4, -0.2) is 44.3 Å². The lowest BCUT2D eigenvalue weighted by Gasteiger charge is -2.13. The number of hydrogen-bond acceptors (Lipinski definition) is 4. The van der Waals surface area contributed by atoms with Crippen molar-refractivity contribution < 1.29 is 0 Å². The van der Waals surface area contributed by atoms with Gasteiger partial charge in [-0.25, -0.2) is 0 Å². The van der Waals surface area contributed by atoms with Gasteiger partial charge < -0.3 is 4.90 Å². The number of fused-ring (bicyclic) bond motifs is 1. The number of aryl methyl sites for hydroxylation is 3. The van der Waals surface area contributed by atoms with Gasteiger partial charge in [-0.3, -0.25) is 14.6 Å². The van der Waals surface area contributed by atoms with E-state index < -0.39 is 0 Å².